The van der Waals surface area contributed by atoms with Gasteiger partial charge < -0.3 is 14.2 Å². The van der Waals surface area contributed by atoms with Crippen molar-refractivity contribution in [3.05, 3.63) is 96.7 Å². The second kappa shape index (κ2) is 11.4. The Morgan fingerprint density at radius 1 is 1.16 bits per heavy atom. The van der Waals surface area contributed by atoms with Gasteiger partial charge in [0.15, 0.2) is 16.3 Å². The van der Waals surface area contributed by atoms with Gasteiger partial charge in [-0.05, 0) is 57.0 Å². The number of carbonyl (C=O) groups is 1. The van der Waals surface area contributed by atoms with Crippen LogP contribution in [0.15, 0.2) is 75.7 Å². The molecule has 0 amide bonds. The molecule has 1 aromatic heterocycles. The molecule has 0 spiro atoms. The molecule has 0 radical (unpaired) electrons. The number of hydrogen-bond donors (Lipinski definition) is 0. The van der Waals surface area contributed by atoms with E-state index < -0.39 is 12.0 Å². The van der Waals surface area contributed by atoms with Crippen LogP contribution in [0, 0.1) is 0 Å². The van der Waals surface area contributed by atoms with Crippen LogP contribution in [-0.4, -0.2) is 30.4 Å². The summed E-state index contributed by atoms with van der Waals surface area (Å²) in [6, 6.07) is 14.6. The van der Waals surface area contributed by atoms with Crippen molar-refractivity contribution >= 4 is 29.5 Å². The fraction of sp³-hybridized carbons (Fsp3) is 0.276. The van der Waals surface area contributed by atoms with E-state index in [9.17, 15) is 9.59 Å². The maximum absolute atomic E-state index is 13.7. The van der Waals surface area contributed by atoms with Gasteiger partial charge in [-0.2, -0.15) is 0 Å². The van der Waals surface area contributed by atoms with Crippen LogP contribution in [-0.2, 0) is 9.53 Å². The van der Waals surface area contributed by atoms with Crippen LogP contribution in [0.4, 0.5) is 0 Å². The predicted octanol–water partition coefficient (Wildman–Crippen LogP) is 4.26. The topological polar surface area (TPSA) is 79.1 Å². The predicted molar refractivity (Wildman–Crippen MR) is 146 cm³/mol. The van der Waals surface area contributed by atoms with Crippen LogP contribution in [0.25, 0.3) is 12.2 Å². The van der Waals surface area contributed by atoms with Crippen LogP contribution < -0.4 is 24.4 Å². The van der Waals surface area contributed by atoms with Crippen LogP contribution in [0.2, 0.25) is 0 Å². The Morgan fingerprint density at radius 3 is 2.59 bits per heavy atom. The summed E-state index contributed by atoms with van der Waals surface area (Å²) < 4.78 is 18.9. The minimum Gasteiger partial charge on any atom is -0.493 e. The number of benzene rings is 2. The van der Waals surface area contributed by atoms with Gasteiger partial charge in [0.1, 0.15) is 0 Å². The molecule has 192 valence electrons. The van der Waals surface area contributed by atoms with E-state index in [1.165, 1.54) is 11.3 Å². The van der Waals surface area contributed by atoms with Crippen LogP contribution in [0.3, 0.4) is 0 Å². The second-order valence-electron chi connectivity index (χ2n) is 8.67. The summed E-state index contributed by atoms with van der Waals surface area (Å²) in [5, 5.41) is 0. The molecular weight excluding hydrogens is 488 g/mol. The molecule has 0 unspecified atom stereocenters. The molecule has 2 aromatic carbocycles. The summed E-state index contributed by atoms with van der Waals surface area (Å²) in [5.74, 6) is 0.587. The number of thiazole rings is 1. The van der Waals surface area contributed by atoms with E-state index in [1.807, 2.05) is 62.4 Å². The Balaban J connectivity index is 1.87. The summed E-state index contributed by atoms with van der Waals surface area (Å²) in [6.45, 7) is 7.59. The van der Waals surface area contributed by atoms with E-state index in [1.54, 1.807) is 43.7 Å². The minimum atomic E-state index is -0.724. The van der Waals surface area contributed by atoms with Crippen molar-refractivity contribution in [3.63, 3.8) is 0 Å². The highest BCUT2D eigenvalue weighted by Crippen LogP contribution is 2.36. The number of methoxy groups -OCH3 is 1. The van der Waals surface area contributed by atoms with E-state index in [2.05, 4.69) is 4.99 Å². The van der Waals surface area contributed by atoms with Crippen molar-refractivity contribution in [2.45, 2.75) is 39.8 Å². The zero-order chi connectivity index (χ0) is 26.5. The van der Waals surface area contributed by atoms with Crippen molar-refractivity contribution in [1.82, 2.24) is 4.57 Å². The van der Waals surface area contributed by atoms with Gasteiger partial charge in [0.2, 0.25) is 0 Å². The fourth-order valence-corrected chi connectivity index (χ4v) is 5.14. The highest BCUT2D eigenvalue weighted by atomic mass is 32.1. The van der Waals surface area contributed by atoms with Crippen molar-refractivity contribution in [2.24, 2.45) is 4.99 Å². The number of nitrogens with zero attached hydrogens (tertiary/aromatic N) is 2. The maximum atomic E-state index is 13.7. The lowest BCUT2D eigenvalue weighted by Gasteiger charge is -2.25. The zero-order valence-electron chi connectivity index (χ0n) is 21.6. The Bertz CT molecular complexity index is 1530. The van der Waals surface area contributed by atoms with Gasteiger partial charge in [-0.15, -0.1) is 0 Å². The smallest absolute Gasteiger partial charge is 0.338 e. The van der Waals surface area contributed by atoms with E-state index >= 15 is 0 Å². The summed E-state index contributed by atoms with van der Waals surface area (Å²) in [5.41, 5.74) is 2.32. The molecule has 0 bridgehead atoms. The van der Waals surface area contributed by atoms with Gasteiger partial charge >= 0.3 is 5.97 Å². The molecule has 0 N–H and O–H groups in total. The van der Waals surface area contributed by atoms with Crippen molar-refractivity contribution in [1.29, 1.82) is 0 Å². The third kappa shape index (κ3) is 5.59. The molecule has 3 aromatic rings. The summed E-state index contributed by atoms with van der Waals surface area (Å²) in [4.78, 5) is 31.9. The molecule has 1 aliphatic rings. The number of hydrogen-bond acceptors (Lipinski definition) is 7. The first-order valence-electron chi connectivity index (χ1n) is 12.1. The highest BCUT2D eigenvalue weighted by Gasteiger charge is 2.33. The molecule has 0 saturated carbocycles. The van der Waals surface area contributed by atoms with Gasteiger partial charge in [0, 0.05) is 0 Å². The van der Waals surface area contributed by atoms with Gasteiger partial charge in [0.05, 0.1) is 41.7 Å². The van der Waals surface area contributed by atoms with Gasteiger partial charge in [-0.1, -0.05) is 59.9 Å². The highest BCUT2D eigenvalue weighted by molar-refractivity contribution is 7.07. The largest absolute Gasteiger partial charge is 0.493 e. The number of ether oxygens (including phenoxy) is 3. The maximum Gasteiger partial charge on any atom is 0.338 e. The first-order valence-corrected chi connectivity index (χ1v) is 12.9. The van der Waals surface area contributed by atoms with Crippen molar-refractivity contribution in [3.8, 4) is 11.5 Å². The Kier molecular flexibility index (Phi) is 8.08. The number of esters is 1. The Hall–Kier alpha value is -3.91. The van der Waals surface area contributed by atoms with Gasteiger partial charge in [0.25, 0.3) is 5.56 Å². The molecule has 1 aliphatic heterocycles. The van der Waals surface area contributed by atoms with Crippen molar-refractivity contribution < 1.29 is 19.0 Å². The number of allylic oxidation sites excluding steroid dienone is 2. The fourth-order valence-electron chi connectivity index (χ4n) is 4.14. The molecule has 4 rings (SSSR count). The number of aromatic nitrogens is 1. The molecule has 7 nitrogen and oxygen atoms in total. The SMILES string of the molecule is CCOC(=O)C1=C(C)N=c2s/c(=C\C=C\c3ccccc3)c(=O)n2[C@@H]1c1ccc(OC(C)C)c(OC)c1. The minimum absolute atomic E-state index is 0.0430. The average Bonchev–Trinajstić information content (AvgIpc) is 3.18. The Morgan fingerprint density at radius 2 is 1.92 bits per heavy atom. The quantitative estimate of drug-likeness (QED) is 0.417. The lowest BCUT2D eigenvalue weighted by Crippen LogP contribution is -2.39. The number of fused-ring (bicyclic) bond motifs is 1. The van der Waals surface area contributed by atoms with Gasteiger partial charge in [-0.25, -0.2) is 9.79 Å². The zero-order valence-corrected chi connectivity index (χ0v) is 22.4. The summed E-state index contributed by atoms with van der Waals surface area (Å²) in [6.07, 6.45) is 5.51. The van der Waals surface area contributed by atoms with E-state index in [0.29, 0.717) is 37.7 Å². The standard InChI is InChI=1S/C29H30N2O5S/c1-6-35-28(33)25-19(4)30-29-31(26(25)21-15-16-22(36-18(2)3)23(17-21)34-5)27(32)24(37-29)14-10-13-20-11-8-7-9-12-20/h7-18,26H,6H2,1-5H3/b13-10+,24-14-/t26-/m1/s1. The number of carbonyl (C=O) groups excluding carboxylic acids is 1. The molecule has 8 heteroatoms. The molecule has 2 heterocycles. The molecule has 0 fully saturated rings. The van der Waals surface area contributed by atoms with E-state index in [4.69, 9.17) is 14.2 Å². The summed E-state index contributed by atoms with van der Waals surface area (Å²) >= 11 is 1.28. The lowest BCUT2D eigenvalue weighted by molar-refractivity contribution is -0.139. The molecule has 37 heavy (non-hydrogen) atoms. The van der Waals surface area contributed by atoms with E-state index in [-0.39, 0.29) is 18.3 Å². The van der Waals surface area contributed by atoms with Crippen LogP contribution in [0.1, 0.15) is 44.9 Å². The average molecular weight is 519 g/mol. The third-order valence-electron chi connectivity index (χ3n) is 5.72. The molecule has 0 saturated heterocycles. The second-order valence-corrected chi connectivity index (χ2v) is 9.68. The number of rotatable bonds is 8. The van der Waals surface area contributed by atoms with Crippen LogP contribution >= 0.6 is 11.3 Å². The monoisotopic (exact) mass is 518 g/mol. The van der Waals surface area contributed by atoms with Crippen molar-refractivity contribution in [2.75, 3.05) is 13.7 Å². The molecular formula is C29H30N2O5S. The van der Waals surface area contributed by atoms with Crippen LogP contribution in [0.5, 0.6) is 11.5 Å². The third-order valence-corrected chi connectivity index (χ3v) is 6.72. The first kappa shape index (κ1) is 26.2. The normalized spacial score (nSPS) is 15.6. The Labute approximate surface area is 219 Å². The first-order chi connectivity index (χ1) is 17.8. The summed E-state index contributed by atoms with van der Waals surface area (Å²) in [7, 11) is 1.56. The lowest BCUT2D eigenvalue weighted by atomic mass is 9.95. The molecule has 1 atom stereocenters. The van der Waals surface area contributed by atoms with E-state index in [0.717, 1.165) is 5.56 Å². The van der Waals surface area contributed by atoms with Gasteiger partial charge in [-0.3, -0.25) is 9.36 Å². The molecule has 0 aliphatic carbocycles.